The van der Waals surface area contributed by atoms with Crippen molar-refractivity contribution in [2.45, 2.75) is 31.7 Å². The molecule has 24 heavy (non-hydrogen) atoms. The molecule has 2 aliphatic heterocycles. The molecular formula is C16H25N5O2S. The number of nitrogens with zero attached hydrogens (tertiary/aromatic N) is 5. The van der Waals surface area contributed by atoms with Crippen molar-refractivity contribution in [3.05, 3.63) is 17.3 Å². The molecule has 4 rings (SSSR count). The highest BCUT2D eigenvalue weighted by Gasteiger charge is 2.33. The van der Waals surface area contributed by atoms with Gasteiger partial charge in [0.05, 0.1) is 11.4 Å². The van der Waals surface area contributed by atoms with Gasteiger partial charge in [-0.2, -0.15) is 5.10 Å². The minimum atomic E-state index is -2.98. The Kier molecular flexibility index (Phi) is 4.22. The van der Waals surface area contributed by atoms with Gasteiger partial charge in [-0.25, -0.2) is 12.7 Å². The summed E-state index contributed by atoms with van der Waals surface area (Å²) in [4.78, 5) is 4.53. The lowest BCUT2D eigenvalue weighted by molar-refractivity contribution is 0.193. The molecule has 132 valence electrons. The summed E-state index contributed by atoms with van der Waals surface area (Å²) < 4.78 is 25.3. The third-order valence-electron chi connectivity index (χ3n) is 5.52. The van der Waals surface area contributed by atoms with Gasteiger partial charge in [0, 0.05) is 38.8 Å². The van der Waals surface area contributed by atoms with E-state index in [0.29, 0.717) is 24.9 Å². The van der Waals surface area contributed by atoms with Crippen molar-refractivity contribution < 1.29 is 8.42 Å². The topological polar surface area (TPSA) is 69.6 Å². The van der Waals surface area contributed by atoms with Gasteiger partial charge in [0.15, 0.2) is 5.82 Å². The molecule has 0 N–H and O–H groups in total. The summed E-state index contributed by atoms with van der Waals surface area (Å²) in [5.41, 5.74) is 2.52. The second-order valence-electron chi connectivity index (χ2n) is 7.14. The van der Waals surface area contributed by atoms with Crippen molar-refractivity contribution in [2.24, 2.45) is 0 Å². The van der Waals surface area contributed by atoms with Gasteiger partial charge in [0.2, 0.25) is 10.0 Å². The molecular weight excluding hydrogens is 326 g/mol. The molecule has 1 aromatic heterocycles. The van der Waals surface area contributed by atoms with Gasteiger partial charge in [-0.05, 0) is 44.4 Å². The summed E-state index contributed by atoms with van der Waals surface area (Å²) in [6, 6.07) is 2.66. The second kappa shape index (κ2) is 6.24. The minimum Gasteiger partial charge on any atom is -0.352 e. The molecule has 2 fully saturated rings. The Morgan fingerprint density at radius 2 is 2.08 bits per heavy atom. The van der Waals surface area contributed by atoms with Gasteiger partial charge in [-0.3, -0.25) is 4.90 Å². The van der Waals surface area contributed by atoms with Crippen LogP contribution >= 0.6 is 0 Å². The predicted molar refractivity (Wildman–Crippen MR) is 92.7 cm³/mol. The van der Waals surface area contributed by atoms with Crippen LogP contribution in [0.2, 0.25) is 0 Å². The van der Waals surface area contributed by atoms with Gasteiger partial charge >= 0.3 is 0 Å². The van der Waals surface area contributed by atoms with E-state index in [0.717, 1.165) is 44.7 Å². The van der Waals surface area contributed by atoms with E-state index in [1.54, 1.807) is 4.31 Å². The SMILES string of the molecule is CN(CCN1CCCS1(=O)=O)C1CN(c2cc3c(nn2)CCC3)C1. The molecule has 8 heteroatoms. The predicted octanol–water partition coefficient (Wildman–Crippen LogP) is 0.121. The molecule has 0 radical (unpaired) electrons. The van der Waals surface area contributed by atoms with Crippen LogP contribution < -0.4 is 4.90 Å². The first-order valence-corrected chi connectivity index (χ1v) is 10.4. The van der Waals surface area contributed by atoms with Crippen molar-refractivity contribution in [1.29, 1.82) is 0 Å². The average molecular weight is 351 g/mol. The molecule has 0 spiro atoms. The van der Waals surface area contributed by atoms with E-state index in [1.807, 2.05) is 0 Å². The molecule has 0 aromatic carbocycles. The monoisotopic (exact) mass is 351 g/mol. The second-order valence-corrected chi connectivity index (χ2v) is 9.22. The fourth-order valence-corrected chi connectivity index (χ4v) is 5.31. The molecule has 3 heterocycles. The fourth-order valence-electron chi connectivity index (χ4n) is 3.79. The Balaban J connectivity index is 1.28. The van der Waals surface area contributed by atoms with Gasteiger partial charge in [-0.15, -0.1) is 5.10 Å². The first kappa shape index (κ1) is 16.2. The Morgan fingerprint density at radius 3 is 2.83 bits per heavy atom. The summed E-state index contributed by atoms with van der Waals surface area (Å²) in [6.45, 7) is 3.95. The number of hydrogen-bond acceptors (Lipinski definition) is 6. The maximum absolute atomic E-state index is 11.8. The third kappa shape index (κ3) is 3.02. The van der Waals surface area contributed by atoms with E-state index in [4.69, 9.17) is 0 Å². The van der Waals surface area contributed by atoms with Gasteiger partial charge in [0.1, 0.15) is 0 Å². The van der Waals surface area contributed by atoms with Gasteiger partial charge in [-0.1, -0.05) is 0 Å². The molecule has 2 saturated heterocycles. The highest BCUT2D eigenvalue weighted by atomic mass is 32.2. The smallest absolute Gasteiger partial charge is 0.214 e. The fraction of sp³-hybridized carbons (Fsp3) is 0.750. The van der Waals surface area contributed by atoms with Crippen LogP contribution in [0, 0.1) is 0 Å². The maximum atomic E-state index is 11.8. The van der Waals surface area contributed by atoms with E-state index in [2.05, 4.69) is 33.1 Å². The van der Waals surface area contributed by atoms with Crippen molar-refractivity contribution >= 4 is 15.8 Å². The lowest BCUT2D eigenvalue weighted by Gasteiger charge is -2.44. The van der Waals surface area contributed by atoms with Crippen LogP contribution in [-0.4, -0.2) is 79.4 Å². The molecule has 0 amide bonds. The van der Waals surface area contributed by atoms with Crippen LogP contribution in [0.25, 0.3) is 0 Å². The zero-order valence-corrected chi connectivity index (χ0v) is 15.0. The van der Waals surface area contributed by atoms with Crippen molar-refractivity contribution in [3.8, 4) is 0 Å². The minimum absolute atomic E-state index is 0.310. The number of aryl methyl sites for hydroxylation is 2. The number of rotatable bonds is 5. The Hall–Kier alpha value is -1.25. The molecule has 0 saturated carbocycles. The Labute approximate surface area is 143 Å². The molecule has 0 atom stereocenters. The average Bonchev–Trinajstić information content (AvgIpc) is 3.09. The summed E-state index contributed by atoms with van der Waals surface area (Å²) in [6.07, 6.45) is 4.14. The number of fused-ring (bicyclic) bond motifs is 1. The van der Waals surface area contributed by atoms with Crippen LogP contribution in [0.5, 0.6) is 0 Å². The number of likely N-dealkylation sites (N-methyl/N-ethyl adjacent to an activating group) is 1. The molecule has 0 bridgehead atoms. The van der Waals surface area contributed by atoms with E-state index < -0.39 is 10.0 Å². The van der Waals surface area contributed by atoms with Crippen LogP contribution in [0.3, 0.4) is 0 Å². The normalized spacial score (nSPS) is 23.7. The van der Waals surface area contributed by atoms with E-state index in [1.165, 1.54) is 17.7 Å². The molecule has 1 aromatic rings. The van der Waals surface area contributed by atoms with Crippen molar-refractivity contribution in [3.63, 3.8) is 0 Å². The zero-order chi connectivity index (χ0) is 16.7. The maximum Gasteiger partial charge on any atom is 0.214 e. The Morgan fingerprint density at radius 1 is 1.25 bits per heavy atom. The summed E-state index contributed by atoms with van der Waals surface area (Å²) >= 11 is 0. The first-order chi connectivity index (χ1) is 11.5. The number of hydrogen-bond donors (Lipinski definition) is 0. The highest BCUT2D eigenvalue weighted by molar-refractivity contribution is 7.89. The van der Waals surface area contributed by atoms with E-state index in [-0.39, 0.29) is 0 Å². The summed E-state index contributed by atoms with van der Waals surface area (Å²) in [5.74, 6) is 1.30. The third-order valence-corrected chi connectivity index (χ3v) is 7.48. The van der Waals surface area contributed by atoms with E-state index in [9.17, 15) is 8.42 Å². The van der Waals surface area contributed by atoms with Crippen LogP contribution in [0.4, 0.5) is 5.82 Å². The van der Waals surface area contributed by atoms with Crippen LogP contribution in [0.1, 0.15) is 24.1 Å². The van der Waals surface area contributed by atoms with Gasteiger partial charge < -0.3 is 4.90 Å². The van der Waals surface area contributed by atoms with Crippen LogP contribution in [-0.2, 0) is 22.9 Å². The van der Waals surface area contributed by atoms with Crippen LogP contribution in [0.15, 0.2) is 6.07 Å². The summed E-state index contributed by atoms with van der Waals surface area (Å²) in [7, 11) is -0.896. The first-order valence-electron chi connectivity index (χ1n) is 8.81. The number of aromatic nitrogens is 2. The highest BCUT2D eigenvalue weighted by Crippen LogP contribution is 2.26. The molecule has 1 aliphatic carbocycles. The lowest BCUT2D eigenvalue weighted by atomic mass is 10.1. The largest absolute Gasteiger partial charge is 0.352 e. The zero-order valence-electron chi connectivity index (χ0n) is 14.2. The number of sulfonamides is 1. The van der Waals surface area contributed by atoms with Gasteiger partial charge in [0.25, 0.3) is 0 Å². The van der Waals surface area contributed by atoms with Crippen molar-refractivity contribution in [1.82, 2.24) is 19.4 Å². The molecule has 3 aliphatic rings. The lowest BCUT2D eigenvalue weighted by Crippen LogP contribution is -2.59. The molecule has 7 nitrogen and oxygen atoms in total. The number of anilines is 1. The van der Waals surface area contributed by atoms with Crippen molar-refractivity contribution in [2.75, 3.05) is 50.4 Å². The standard InChI is InChI=1S/C16H25N5O2S/c1-19(7-8-21-6-3-9-24(21,22)23)14-11-20(12-14)16-10-13-4-2-5-15(13)17-18-16/h10,14H,2-9,11-12H2,1H3. The molecule has 0 unspecified atom stereocenters. The van der Waals surface area contributed by atoms with E-state index >= 15 is 0 Å². The quantitative estimate of drug-likeness (QED) is 0.751. The summed E-state index contributed by atoms with van der Waals surface area (Å²) in [5, 5.41) is 8.72. The Bertz CT molecular complexity index is 717.